The Morgan fingerprint density at radius 2 is 1.82 bits per heavy atom. The van der Waals surface area contributed by atoms with Gasteiger partial charge >= 0.3 is 12.4 Å². The van der Waals surface area contributed by atoms with Gasteiger partial charge in [0.1, 0.15) is 5.69 Å². The zero-order valence-electron chi connectivity index (χ0n) is 17.3. The van der Waals surface area contributed by atoms with E-state index in [-0.39, 0.29) is 27.9 Å². The third-order valence-corrected chi connectivity index (χ3v) is 5.83. The van der Waals surface area contributed by atoms with Crippen molar-refractivity contribution in [2.45, 2.75) is 24.8 Å². The van der Waals surface area contributed by atoms with Crippen LogP contribution in [-0.2, 0) is 12.4 Å². The lowest BCUT2D eigenvalue weighted by molar-refractivity contribution is -0.141. The van der Waals surface area contributed by atoms with E-state index in [0.29, 0.717) is 17.7 Å². The number of anilines is 1. The second kappa shape index (κ2) is 8.83. The van der Waals surface area contributed by atoms with Crippen LogP contribution in [0.25, 0.3) is 0 Å². The molecule has 1 aromatic carbocycles. The second-order valence-corrected chi connectivity index (χ2v) is 8.11. The number of benzene rings is 1. The van der Waals surface area contributed by atoms with Gasteiger partial charge < -0.3 is 11.1 Å². The number of hydrogen-bond donors (Lipinski definition) is 2. The standard InChI is InChI=1S/C23H17ClF6N4/c24-17-7-4-13(22(25,26)27)10-16(17)21(34-14-5-8-18(33-11-14)23(28,29)30)15-6-3-12-2-1-9-32-20(12)19(15)31/h1-2,4-12,21,34H,3,31H2. The Labute approximate surface area is 195 Å². The Hall–Kier alpha value is -3.27. The van der Waals surface area contributed by atoms with Gasteiger partial charge in [-0.3, -0.25) is 4.99 Å². The number of nitrogens with one attached hydrogen (secondary N) is 1. The third-order valence-electron chi connectivity index (χ3n) is 5.48. The lowest BCUT2D eigenvalue weighted by atomic mass is 9.84. The first-order valence-electron chi connectivity index (χ1n) is 10.0. The van der Waals surface area contributed by atoms with Crippen LogP contribution in [0, 0.1) is 5.92 Å². The van der Waals surface area contributed by atoms with Crippen molar-refractivity contribution in [3.63, 3.8) is 0 Å². The molecule has 4 rings (SSSR count). The molecule has 2 aliphatic rings. The monoisotopic (exact) mass is 498 g/mol. The van der Waals surface area contributed by atoms with Crippen LogP contribution >= 0.6 is 11.6 Å². The molecule has 0 spiro atoms. The number of dihydropyridines is 1. The van der Waals surface area contributed by atoms with E-state index in [1.54, 1.807) is 18.4 Å². The Bertz CT molecular complexity index is 1210. The molecule has 1 aliphatic carbocycles. The number of nitrogens with two attached hydrogens (primary N) is 1. The fraction of sp³-hybridized carbons (Fsp3) is 0.217. The van der Waals surface area contributed by atoms with Gasteiger partial charge in [0.15, 0.2) is 0 Å². The number of rotatable bonds is 4. The normalized spacial score (nSPS) is 19.0. The number of halogens is 7. The van der Waals surface area contributed by atoms with E-state index in [4.69, 9.17) is 17.3 Å². The summed E-state index contributed by atoms with van der Waals surface area (Å²) in [4.78, 5) is 7.72. The van der Waals surface area contributed by atoms with Gasteiger partial charge in [-0.15, -0.1) is 0 Å². The molecule has 1 aromatic heterocycles. The summed E-state index contributed by atoms with van der Waals surface area (Å²) in [7, 11) is 0. The molecule has 0 bridgehead atoms. The molecule has 0 amide bonds. The predicted octanol–water partition coefficient (Wildman–Crippen LogP) is 6.68. The first-order chi connectivity index (χ1) is 15.9. The molecule has 178 valence electrons. The number of hydrogen-bond acceptors (Lipinski definition) is 4. The molecule has 0 saturated heterocycles. The van der Waals surface area contributed by atoms with Gasteiger partial charge in [0, 0.05) is 17.2 Å². The van der Waals surface area contributed by atoms with Crippen LogP contribution in [0.5, 0.6) is 0 Å². The van der Waals surface area contributed by atoms with Crippen molar-refractivity contribution in [1.29, 1.82) is 0 Å². The molecule has 0 fully saturated rings. The average molecular weight is 499 g/mol. The number of nitrogens with zero attached hydrogens (tertiary/aromatic N) is 2. The van der Waals surface area contributed by atoms with E-state index in [1.807, 2.05) is 6.08 Å². The van der Waals surface area contributed by atoms with E-state index in [0.717, 1.165) is 36.5 Å². The minimum absolute atomic E-state index is 0.0261. The highest BCUT2D eigenvalue weighted by atomic mass is 35.5. The molecule has 0 radical (unpaired) electrons. The summed E-state index contributed by atoms with van der Waals surface area (Å²) in [5.41, 5.74) is 5.77. The van der Waals surface area contributed by atoms with Crippen molar-refractivity contribution in [2.24, 2.45) is 16.6 Å². The fourth-order valence-corrected chi connectivity index (χ4v) is 4.04. The first-order valence-corrected chi connectivity index (χ1v) is 10.4. The molecular formula is C23H17ClF6N4. The molecule has 2 atom stereocenters. The maximum absolute atomic E-state index is 13.4. The van der Waals surface area contributed by atoms with Crippen LogP contribution < -0.4 is 11.1 Å². The zero-order valence-corrected chi connectivity index (χ0v) is 18.0. The summed E-state index contributed by atoms with van der Waals surface area (Å²) in [6.45, 7) is 0. The minimum atomic E-state index is -4.63. The van der Waals surface area contributed by atoms with Gasteiger partial charge in [-0.05, 0) is 54.0 Å². The summed E-state index contributed by atoms with van der Waals surface area (Å²) >= 11 is 6.30. The van der Waals surface area contributed by atoms with E-state index >= 15 is 0 Å². The number of aromatic nitrogens is 1. The highest BCUT2D eigenvalue weighted by Crippen LogP contribution is 2.42. The topological polar surface area (TPSA) is 63.3 Å². The fourth-order valence-electron chi connectivity index (χ4n) is 3.82. The molecule has 4 nitrogen and oxygen atoms in total. The van der Waals surface area contributed by atoms with Crippen molar-refractivity contribution in [2.75, 3.05) is 5.32 Å². The Morgan fingerprint density at radius 1 is 1.06 bits per heavy atom. The van der Waals surface area contributed by atoms with Gasteiger partial charge in [0.25, 0.3) is 0 Å². The Kier molecular flexibility index (Phi) is 6.20. The first kappa shape index (κ1) is 23.9. The SMILES string of the molecule is NC1=C2N=CC=CC2CC=C1C(Nc1ccc(C(F)(F)F)nc1)c1cc(C(F)(F)F)ccc1Cl. The van der Waals surface area contributed by atoms with E-state index in [2.05, 4.69) is 15.3 Å². The summed E-state index contributed by atoms with van der Waals surface area (Å²) in [5.74, 6) is -0.0842. The third kappa shape index (κ3) is 4.82. The van der Waals surface area contributed by atoms with Crippen molar-refractivity contribution in [3.05, 3.63) is 93.6 Å². The maximum atomic E-state index is 13.4. The molecule has 34 heavy (non-hydrogen) atoms. The van der Waals surface area contributed by atoms with Crippen LogP contribution in [0.4, 0.5) is 32.0 Å². The molecule has 0 saturated carbocycles. The van der Waals surface area contributed by atoms with Crippen molar-refractivity contribution in [3.8, 4) is 0 Å². The maximum Gasteiger partial charge on any atom is 0.433 e. The van der Waals surface area contributed by atoms with Crippen LogP contribution in [0.2, 0.25) is 5.02 Å². The summed E-state index contributed by atoms with van der Waals surface area (Å²) < 4.78 is 79.0. The highest BCUT2D eigenvalue weighted by molar-refractivity contribution is 6.31. The number of allylic oxidation sites excluding steroid dienone is 3. The van der Waals surface area contributed by atoms with Crippen molar-refractivity contribution < 1.29 is 26.3 Å². The summed E-state index contributed by atoms with van der Waals surface area (Å²) in [6, 6.07) is 3.77. The lowest BCUT2D eigenvalue weighted by Crippen LogP contribution is -2.24. The molecule has 3 N–H and O–H groups in total. The molecule has 11 heteroatoms. The number of fused-ring (bicyclic) bond motifs is 1. The number of pyridine rings is 1. The van der Waals surface area contributed by atoms with Crippen LogP contribution in [-0.4, -0.2) is 11.2 Å². The van der Waals surface area contributed by atoms with Crippen LogP contribution in [0.15, 0.2) is 76.7 Å². The molecule has 1 aliphatic heterocycles. The number of aliphatic imine (C=N–C) groups is 1. The van der Waals surface area contributed by atoms with E-state index < -0.39 is 29.7 Å². The second-order valence-electron chi connectivity index (χ2n) is 7.70. The molecular weight excluding hydrogens is 482 g/mol. The smallest absolute Gasteiger partial charge is 0.397 e. The van der Waals surface area contributed by atoms with Gasteiger partial charge in [-0.25, -0.2) is 4.98 Å². The lowest BCUT2D eigenvalue weighted by Gasteiger charge is -2.30. The Morgan fingerprint density at radius 3 is 2.47 bits per heavy atom. The van der Waals surface area contributed by atoms with Gasteiger partial charge in [-0.2, -0.15) is 26.3 Å². The predicted molar refractivity (Wildman–Crippen MR) is 117 cm³/mol. The quantitative estimate of drug-likeness (QED) is 0.462. The molecule has 2 unspecified atom stereocenters. The minimum Gasteiger partial charge on any atom is -0.397 e. The zero-order chi connectivity index (χ0) is 24.7. The van der Waals surface area contributed by atoms with Crippen LogP contribution in [0.1, 0.15) is 29.3 Å². The van der Waals surface area contributed by atoms with Crippen LogP contribution in [0.3, 0.4) is 0 Å². The highest BCUT2D eigenvalue weighted by Gasteiger charge is 2.35. The molecule has 2 heterocycles. The van der Waals surface area contributed by atoms with Gasteiger partial charge in [-0.1, -0.05) is 23.8 Å². The van der Waals surface area contributed by atoms with Gasteiger partial charge in [0.2, 0.25) is 0 Å². The average Bonchev–Trinajstić information content (AvgIpc) is 2.78. The Balaban J connectivity index is 1.80. The number of alkyl halides is 6. The van der Waals surface area contributed by atoms with E-state index in [1.165, 1.54) is 0 Å². The van der Waals surface area contributed by atoms with Crippen molar-refractivity contribution in [1.82, 2.24) is 4.98 Å². The largest absolute Gasteiger partial charge is 0.433 e. The summed E-state index contributed by atoms with van der Waals surface area (Å²) in [5, 5.41) is 2.98. The molecule has 2 aromatic rings. The summed E-state index contributed by atoms with van der Waals surface area (Å²) in [6.07, 6.45) is -0.830. The van der Waals surface area contributed by atoms with Crippen molar-refractivity contribution >= 4 is 23.5 Å². The van der Waals surface area contributed by atoms with E-state index in [9.17, 15) is 26.3 Å². The van der Waals surface area contributed by atoms with Gasteiger partial charge in [0.05, 0.1) is 34.9 Å².